The third-order valence-electron chi connectivity index (χ3n) is 3.01. The van der Waals surface area contributed by atoms with E-state index in [1.54, 1.807) is 42.5 Å². The molecule has 0 saturated carbocycles. The van der Waals surface area contributed by atoms with E-state index in [9.17, 15) is 17.6 Å². The third-order valence-corrected chi connectivity index (χ3v) is 4.49. The van der Waals surface area contributed by atoms with Crippen LogP contribution < -0.4 is 5.32 Å². The first kappa shape index (κ1) is 16.2. The van der Waals surface area contributed by atoms with Crippen molar-refractivity contribution in [3.8, 4) is 0 Å². The molecule has 116 valence electrons. The first-order chi connectivity index (χ1) is 10.5. The van der Waals surface area contributed by atoms with Crippen LogP contribution in [0.1, 0.15) is 11.1 Å². The standard InChI is InChI=1S/C16H16FNO3S/c17-15-9-5-4-8-14(15)10-18-16(19)12-22(20,21)11-13-6-2-1-3-7-13/h1-9H,10-12H2,(H,18,19). The summed E-state index contributed by atoms with van der Waals surface area (Å²) in [6.07, 6.45) is 0. The number of sulfone groups is 1. The van der Waals surface area contributed by atoms with Crippen LogP contribution in [0.5, 0.6) is 0 Å². The highest BCUT2D eigenvalue weighted by molar-refractivity contribution is 7.91. The molecule has 2 aromatic carbocycles. The lowest BCUT2D eigenvalue weighted by atomic mass is 10.2. The SMILES string of the molecule is O=C(CS(=O)(=O)Cc1ccccc1)NCc1ccccc1F. The minimum Gasteiger partial charge on any atom is -0.351 e. The van der Waals surface area contributed by atoms with Gasteiger partial charge in [-0.05, 0) is 11.6 Å². The molecular formula is C16H16FNO3S. The molecule has 22 heavy (non-hydrogen) atoms. The summed E-state index contributed by atoms with van der Waals surface area (Å²) >= 11 is 0. The number of hydrogen-bond acceptors (Lipinski definition) is 3. The molecule has 0 radical (unpaired) electrons. The average Bonchev–Trinajstić information content (AvgIpc) is 2.46. The summed E-state index contributed by atoms with van der Waals surface area (Å²) in [6.45, 7) is -0.0354. The number of halogens is 1. The molecule has 0 spiro atoms. The maximum Gasteiger partial charge on any atom is 0.235 e. The minimum atomic E-state index is -3.55. The zero-order valence-corrected chi connectivity index (χ0v) is 12.6. The van der Waals surface area contributed by atoms with Crippen molar-refractivity contribution in [1.29, 1.82) is 0 Å². The topological polar surface area (TPSA) is 63.2 Å². The highest BCUT2D eigenvalue weighted by Crippen LogP contribution is 2.07. The Balaban J connectivity index is 1.90. The Kier molecular flexibility index (Phi) is 5.27. The summed E-state index contributed by atoms with van der Waals surface area (Å²) in [6, 6.07) is 14.7. The molecule has 0 unspecified atom stereocenters. The Hall–Kier alpha value is -2.21. The Labute approximate surface area is 128 Å². The summed E-state index contributed by atoms with van der Waals surface area (Å²) in [5, 5.41) is 2.42. The van der Waals surface area contributed by atoms with Crippen molar-refractivity contribution >= 4 is 15.7 Å². The van der Waals surface area contributed by atoms with E-state index in [1.807, 2.05) is 0 Å². The molecule has 0 saturated heterocycles. The number of hydrogen-bond donors (Lipinski definition) is 1. The maximum atomic E-state index is 13.4. The van der Waals surface area contributed by atoms with Gasteiger partial charge in [-0.3, -0.25) is 4.79 Å². The fourth-order valence-electron chi connectivity index (χ4n) is 1.97. The van der Waals surface area contributed by atoms with Gasteiger partial charge in [0, 0.05) is 12.1 Å². The van der Waals surface area contributed by atoms with Gasteiger partial charge in [0.15, 0.2) is 9.84 Å². The lowest BCUT2D eigenvalue weighted by Crippen LogP contribution is -2.30. The number of carbonyl (C=O) groups excluding carboxylic acids is 1. The minimum absolute atomic E-state index is 0.0354. The van der Waals surface area contributed by atoms with E-state index in [0.717, 1.165) is 0 Å². The molecule has 1 amide bonds. The van der Waals surface area contributed by atoms with E-state index in [1.165, 1.54) is 12.1 Å². The monoisotopic (exact) mass is 321 g/mol. The predicted octanol–water partition coefficient (Wildman–Crippen LogP) is 2.06. The van der Waals surface area contributed by atoms with Gasteiger partial charge in [0.05, 0.1) is 5.75 Å². The van der Waals surface area contributed by atoms with Crippen molar-refractivity contribution in [3.05, 3.63) is 71.5 Å². The highest BCUT2D eigenvalue weighted by Gasteiger charge is 2.17. The van der Waals surface area contributed by atoms with E-state index in [-0.39, 0.29) is 12.3 Å². The van der Waals surface area contributed by atoms with Gasteiger partial charge >= 0.3 is 0 Å². The van der Waals surface area contributed by atoms with Crippen LogP contribution in [0.4, 0.5) is 4.39 Å². The fourth-order valence-corrected chi connectivity index (χ4v) is 3.27. The van der Waals surface area contributed by atoms with Crippen LogP contribution in [0.15, 0.2) is 54.6 Å². The number of rotatable bonds is 6. The maximum absolute atomic E-state index is 13.4. The highest BCUT2D eigenvalue weighted by atomic mass is 32.2. The van der Waals surface area contributed by atoms with Crippen molar-refractivity contribution in [1.82, 2.24) is 5.32 Å². The summed E-state index contributed by atoms with van der Waals surface area (Å²) in [4.78, 5) is 11.7. The second-order valence-electron chi connectivity index (χ2n) is 4.89. The Morgan fingerprint density at radius 2 is 1.64 bits per heavy atom. The summed E-state index contributed by atoms with van der Waals surface area (Å²) in [5.74, 6) is -1.88. The van der Waals surface area contributed by atoms with Crippen LogP contribution in [0, 0.1) is 5.82 Å². The summed E-state index contributed by atoms with van der Waals surface area (Å²) in [7, 11) is -3.55. The van der Waals surface area contributed by atoms with Gasteiger partial charge in [-0.25, -0.2) is 12.8 Å². The van der Waals surface area contributed by atoms with Gasteiger partial charge in [-0.15, -0.1) is 0 Å². The second-order valence-corrected chi connectivity index (χ2v) is 6.95. The average molecular weight is 321 g/mol. The van der Waals surface area contributed by atoms with Crippen molar-refractivity contribution in [2.75, 3.05) is 5.75 Å². The van der Waals surface area contributed by atoms with Gasteiger partial charge in [-0.2, -0.15) is 0 Å². The zero-order chi connectivity index (χ0) is 16.0. The van der Waals surface area contributed by atoms with E-state index in [4.69, 9.17) is 0 Å². The van der Waals surface area contributed by atoms with Gasteiger partial charge in [0.25, 0.3) is 0 Å². The molecule has 0 fully saturated rings. The first-order valence-corrected chi connectivity index (χ1v) is 8.53. The molecule has 1 N–H and O–H groups in total. The largest absolute Gasteiger partial charge is 0.351 e. The Morgan fingerprint density at radius 1 is 1.00 bits per heavy atom. The lowest BCUT2D eigenvalue weighted by Gasteiger charge is -2.07. The van der Waals surface area contributed by atoms with Crippen LogP contribution in [-0.4, -0.2) is 20.1 Å². The molecule has 2 rings (SSSR count). The predicted molar refractivity (Wildman–Crippen MR) is 82.2 cm³/mol. The first-order valence-electron chi connectivity index (χ1n) is 6.71. The lowest BCUT2D eigenvalue weighted by molar-refractivity contribution is -0.118. The number of nitrogens with one attached hydrogen (secondary N) is 1. The molecule has 0 heterocycles. The van der Waals surface area contributed by atoms with Crippen LogP contribution in [0.3, 0.4) is 0 Å². The molecule has 0 bridgehead atoms. The van der Waals surface area contributed by atoms with Crippen molar-refractivity contribution in [2.45, 2.75) is 12.3 Å². The Bertz CT molecular complexity index is 745. The summed E-state index contributed by atoms with van der Waals surface area (Å²) in [5.41, 5.74) is 0.945. The molecule has 4 nitrogen and oxygen atoms in total. The second kappa shape index (κ2) is 7.17. The van der Waals surface area contributed by atoms with Gasteiger partial charge in [0.1, 0.15) is 11.6 Å². The van der Waals surface area contributed by atoms with Crippen molar-refractivity contribution in [3.63, 3.8) is 0 Å². The molecule has 0 aliphatic carbocycles. The van der Waals surface area contributed by atoms with Gasteiger partial charge < -0.3 is 5.32 Å². The zero-order valence-electron chi connectivity index (χ0n) is 11.8. The van der Waals surface area contributed by atoms with Crippen LogP contribution in [-0.2, 0) is 26.9 Å². The molecular weight excluding hydrogens is 305 g/mol. The summed E-state index contributed by atoms with van der Waals surface area (Å²) < 4.78 is 37.3. The van der Waals surface area contributed by atoms with Crippen molar-refractivity contribution in [2.24, 2.45) is 0 Å². The number of amides is 1. The van der Waals surface area contributed by atoms with E-state index >= 15 is 0 Å². The smallest absolute Gasteiger partial charge is 0.235 e. The van der Waals surface area contributed by atoms with Crippen molar-refractivity contribution < 1.29 is 17.6 Å². The molecule has 2 aromatic rings. The van der Waals surface area contributed by atoms with Gasteiger partial charge in [0.2, 0.25) is 5.91 Å². The van der Waals surface area contributed by atoms with Crippen LogP contribution >= 0.6 is 0 Å². The quantitative estimate of drug-likeness (QED) is 0.886. The van der Waals surface area contributed by atoms with E-state index in [0.29, 0.717) is 11.1 Å². The molecule has 0 aliphatic heterocycles. The fraction of sp³-hybridized carbons (Fsp3) is 0.188. The van der Waals surface area contributed by atoms with Gasteiger partial charge in [-0.1, -0.05) is 48.5 Å². The van der Waals surface area contributed by atoms with E-state index < -0.39 is 27.3 Å². The molecule has 0 aromatic heterocycles. The van der Waals surface area contributed by atoms with Crippen LogP contribution in [0.25, 0.3) is 0 Å². The van der Waals surface area contributed by atoms with E-state index in [2.05, 4.69) is 5.32 Å². The number of benzene rings is 2. The third kappa shape index (κ3) is 4.96. The molecule has 0 atom stereocenters. The molecule has 6 heteroatoms. The number of carbonyl (C=O) groups is 1. The van der Waals surface area contributed by atoms with Crippen LogP contribution in [0.2, 0.25) is 0 Å². The molecule has 0 aliphatic rings. The normalized spacial score (nSPS) is 11.1. The Morgan fingerprint density at radius 3 is 2.32 bits per heavy atom.